The van der Waals surface area contributed by atoms with Gasteiger partial charge in [-0.2, -0.15) is 0 Å². The number of rotatable bonds is 4. The van der Waals surface area contributed by atoms with Crippen molar-refractivity contribution in [3.63, 3.8) is 0 Å². The minimum absolute atomic E-state index is 0.614. The number of hydrogen-bond acceptors (Lipinski definition) is 3. The van der Waals surface area contributed by atoms with Crippen molar-refractivity contribution in [2.45, 2.75) is 32.7 Å². The summed E-state index contributed by atoms with van der Waals surface area (Å²) in [4.78, 5) is 9.83. The van der Waals surface area contributed by atoms with Gasteiger partial charge in [0.25, 0.3) is 0 Å². The van der Waals surface area contributed by atoms with Crippen molar-refractivity contribution in [2.75, 3.05) is 13.6 Å². The van der Waals surface area contributed by atoms with Crippen LogP contribution in [0, 0.1) is 12.8 Å². The van der Waals surface area contributed by atoms with E-state index < -0.39 is 0 Å². The molecule has 1 saturated carbocycles. The maximum absolute atomic E-state index is 4.34. The summed E-state index contributed by atoms with van der Waals surface area (Å²) in [6, 6.07) is 0.614. The van der Waals surface area contributed by atoms with Crippen LogP contribution in [0.2, 0.25) is 0 Å². The fraction of sp³-hybridized carbons (Fsp3) is 0.667. The van der Waals surface area contributed by atoms with Gasteiger partial charge in [-0.1, -0.05) is 6.92 Å². The summed E-state index contributed by atoms with van der Waals surface area (Å²) in [6.07, 6.45) is 4.14. The lowest BCUT2D eigenvalue weighted by Gasteiger charge is -2.10. The zero-order valence-corrected chi connectivity index (χ0v) is 11.5. The fourth-order valence-corrected chi connectivity index (χ4v) is 2.48. The Morgan fingerprint density at radius 2 is 2.41 bits per heavy atom. The third-order valence-electron chi connectivity index (χ3n) is 2.96. The smallest absolute Gasteiger partial charge is 0.191 e. The Kier molecular flexibility index (Phi) is 3.99. The molecule has 0 aromatic carbocycles. The highest BCUT2D eigenvalue weighted by atomic mass is 32.1. The van der Waals surface area contributed by atoms with Gasteiger partial charge in [-0.05, 0) is 19.3 Å². The van der Waals surface area contributed by atoms with Gasteiger partial charge in [0.05, 0.1) is 5.01 Å². The van der Waals surface area contributed by atoms with E-state index in [2.05, 4.69) is 34.5 Å². The molecule has 4 nitrogen and oxygen atoms in total. The van der Waals surface area contributed by atoms with E-state index in [-0.39, 0.29) is 0 Å². The first-order valence-electron chi connectivity index (χ1n) is 6.07. The lowest BCUT2D eigenvalue weighted by molar-refractivity contribution is 0.756. The highest BCUT2D eigenvalue weighted by molar-refractivity contribution is 7.11. The lowest BCUT2D eigenvalue weighted by Crippen LogP contribution is -2.39. The monoisotopic (exact) mass is 252 g/mol. The first-order chi connectivity index (χ1) is 8.19. The Morgan fingerprint density at radius 3 is 2.94 bits per heavy atom. The molecule has 1 fully saturated rings. The molecule has 1 aromatic rings. The molecule has 1 heterocycles. The molecule has 5 heteroatoms. The van der Waals surface area contributed by atoms with Gasteiger partial charge in [0.15, 0.2) is 5.96 Å². The van der Waals surface area contributed by atoms with Crippen LogP contribution in [-0.4, -0.2) is 30.6 Å². The Hall–Kier alpha value is -1.10. The van der Waals surface area contributed by atoms with Crippen molar-refractivity contribution in [1.29, 1.82) is 0 Å². The van der Waals surface area contributed by atoms with Gasteiger partial charge in [-0.3, -0.25) is 4.99 Å². The van der Waals surface area contributed by atoms with Crippen molar-refractivity contribution in [3.8, 4) is 0 Å². The molecule has 0 radical (unpaired) electrons. The van der Waals surface area contributed by atoms with E-state index in [0.717, 1.165) is 24.8 Å². The molecular formula is C12H20N4S. The van der Waals surface area contributed by atoms with Gasteiger partial charge in [0.2, 0.25) is 0 Å². The molecule has 2 rings (SSSR count). The van der Waals surface area contributed by atoms with Crippen LogP contribution in [0.3, 0.4) is 0 Å². The molecule has 94 valence electrons. The van der Waals surface area contributed by atoms with Crippen LogP contribution in [0.15, 0.2) is 11.2 Å². The van der Waals surface area contributed by atoms with Gasteiger partial charge >= 0.3 is 0 Å². The fourth-order valence-electron chi connectivity index (χ4n) is 1.70. The van der Waals surface area contributed by atoms with E-state index in [0.29, 0.717) is 6.04 Å². The van der Waals surface area contributed by atoms with E-state index in [9.17, 15) is 0 Å². The predicted molar refractivity (Wildman–Crippen MR) is 72.6 cm³/mol. The Morgan fingerprint density at radius 1 is 1.65 bits per heavy atom. The van der Waals surface area contributed by atoms with Crippen molar-refractivity contribution < 1.29 is 0 Å². The first-order valence-corrected chi connectivity index (χ1v) is 6.89. The van der Waals surface area contributed by atoms with Crippen molar-refractivity contribution >= 4 is 17.3 Å². The van der Waals surface area contributed by atoms with Crippen molar-refractivity contribution in [3.05, 3.63) is 16.1 Å². The molecule has 17 heavy (non-hydrogen) atoms. The van der Waals surface area contributed by atoms with Crippen molar-refractivity contribution in [1.82, 2.24) is 15.6 Å². The van der Waals surface area contributed by atoms with Crippen LogP contribution < -0.4 is 10.6 Å². The number of thiazole rings is 1. The molecule has 0 bridgehead atoms. The zero-order chi connectivity index (χ0) is 12.3. The second-order valence-electron chi connectivity index (χ2n) is 4.58. The highest BCUT2D eigenvalue weighted by Gasteiger charge is 2.33. The molecule has 1 aliphatic rings. The quantitative estimate of drug-likeness (QED) is 0.631. The zero-order valence-electron chi connectivity index (χ0n) is 10.7. The minimum atomic E-state index is 0.614. The molecule has 2 unspecified atom stereocenters. The van der Waals surface area contributed by atoms with Crippen molar-refractivity contribution in [2.24, 2.45) is 10.9 Å². The summed E-state index contributed by atoms with van der Waals surface area (Å²) < 4.78 is 0. The molecule has 2 atom stereocenters. The lowest BCUT2D eigenvalue weighted by atomic mass is 10.4. The molecular weight excluding hydrogens is 232 g/mol. The Bertz CT molecular complexity index is 399. The van der Waals surface area contributed by atoms with Crippen LogP contribution in [-0.2, 0) is 6.42 Å². The van der Waals surface area contributed by atoms with Gasteiger partial charge in [-0.15, -0.1) is 11.3 Å². The van der Waals surface area contributed by atoms with Crippen LogP contribution in [0.4, 0.5) is 0 Å². The number of hydrogen-bond donors (Lipinski definition) is 2. The molecule has 1 aliphatic carbocycles. The highest BCUT2D eigenvalue weighted by Crippen LogP contribution is 2.28. The standard InChI is InChI=1S/C12H20N4S/c1-8-6-10(8)16-12(13-3)14-5-4-11-15-7-9(2)17-11/h7-8,10H,4-6H2,1-3H3,(H2,13,14,16). The summed E-state index contributed by atoms with van der Waals surface area (Å²) in [5.74, 6) is 1.70. The maximum Gasteiger partial charge on any atom is 0.191 e. The number of nitrogens with zero attached hydrogens (tertiary/aromatic N) is 2. The minimum Gasteiger partial charge on any atom is -0.356 e. The van der Waals surface area contributed by atoms with Crippen LogP contribution in [0.25, 0.3) is 0 Å². The average molecular weight is 252 g/mol. The summed E-state index contributed by atoms with van der Waals surface area (Å²) in [6.45, 7) is 5.22. The van der Waals surface area contributed by atoms with Gasteiger partial charge in [0, 0.05) is 37.1 Å². The topological polar surface area (TPSA) is 49.3 Å². The number of nitrogens with one attached hydrogen (secondary N) is 2. The van der Waals surface area contributed by atoms with Crippen LogP contribution in [0.1, 0.15) is 23.2 Å². The maximum atomic E-state index is 4.34. The number of aliphatic imine (C=N–C) groups is 1. The van der Waals surface area contributed by atoms with Gasteiger partial charge in [-0.25, -0.2) is 4.98 Å². The van der Waals surface area contributed by atoms with Crippen LogP contribution in [0.5, 0.6) is 0 Å². The molecule has 0 spiro atoms. The second-order valence-corrected chi connectivity index (χ2v) is 5.90. The molecule has 0 aliphatic heterocycles. The second kappa shape index (κ2) is 5.49. The normalized spacial score (nSPS) is 23.6. The van der Waals surface area contributed by atoms with E-state index in [1.165, 1.54) is 16.3 Å². The third kappa shape index (κ3) is 3.70. The van der Waals surface area contributed by atoms with E-state index in [1.54, 1.807) is 11.3 Å². The van der Waals surface area contributed by atoms with Gasteiger partial charge in [0.1, 0.15) is 0 Å². The predicted octanol–water partition coefficient (Wildman–Crippen LogP) is 1.57. The number of guanidine groups is 1. The summed E-state index contributed by atoms with van der Waals surface area (Å²) in [7, 11) is 1.82. The third-order valence-corrected chi connectivity index (χ3v) is 3.93. The summed E-state index contributed by atoms with van der Waals surface area (Å²) >= 11 is 1.76. The first kappa shape index (κ1) is 12.4. The van der Waals surface area contributed by atoms with Crippen LogP contribution >= 0.6 is 11.3 Å². The molecule has 2 N–H and O–H groups in total. The Labute approximate surface area is 107 Å². The van der Waals surface area contributed by atoms with E-state index in [1.807, 2.05) is 13.2 Å². The summed E-state index contributed by atoms with van der Waals surface area (Å²) in [5.41, 5.74) is 0. The number of aromatic nitrogens is 1. The number of aryl methyl sites for hydroxylation is 1. The Balaban J connectivity index is 1.69. The van der Waals surface area contributed by atoms with E-state index >= 15 is 0 Å². The molecule has 0 amide bonds. The average Bonchev–Trinajstić information content (AvgIpc) is 2.82. The van der Waals surface area contributed by atoms with E-state index in [4.69, 9.17) is 0 Å². The van der Waals surface area contributed by atoms with Gasteiger partial charge < -0.3 is 10.6 Å². The summed E-state index contributed by atoms with van der Waals surface area (Å²) in [5, 5.41) is 7.91. The molecule has 1 aromatic heterocycles. The largest absolute Gasteiger partial charge is 0.356 e. The molecule has 0 saturated heterocycles. The SMILES string of the molecule is CN=C(NCCc1ncc(C)s1)NC1CC1C.